The summed E-state index contributed by atoms with van der Waals surface area (Å²) in [6, 6.07) is 1.89. The Hall–Kier alpha value is -0.840. The molecule has 5 heteroatoms. The fraction of sp³-hybridized carbons (Fsp3) is 0.600. The van der Waals surface area contributed by atoms with Crippen molar-refractivity contribution in [2.75, 3.05) is 0 Å². The summed E-state index contributed by atoms with van der Waals surface area (Å²) < 4.78 is 1.75. The van der Waals surface area contributed by atoms with Gasteiger partial charge in [-0.05, 0) is 12.0 Å². The lowest BCUT2D eigenvalue weighted by Crippen LogP contribution is -2.33. The van der Waals surface area contributed by atoms with Crippen LogP contribution in [0.25, 0.3) is 0 Å². The lowest BCUT2D eigenvalue weighted by Gasteiger charge is -2.13. The number of carbonyl (C=O) groups excluding carboxylic acids is 1. The molecule has 15 heavy (non-hydrogen) atoms. The maximum Gasteiger partial charge on any atom is 0.234 e. The molecule has 0 radical (unpaired) electrons. The number of nitrogens with zero attached hydrogens (tertiary/aromatic N) is 2. The average molecular weight is 274 g/mol. The molecule has 1 unspecified atom stereocenters. The van der Waals surface area contributed by atoms with E-state index in [4.69, 9.17) is 0 Å². The fourth-order valence-corrected chi connectivity index (χ4v) is 1.31. The Balaban J connectivity index is 2.44. The van der Waals surface area contributed by atoms with Crippen LogP contribution < -0.4 is 5.32 Å². The topological polar surface area (TPSA) is 46.9 Å². The zero-order chi connectivity index (χ0) is 11.4. The molecule has 0 saturated heterocycles. The second-order valence-corrected chi connectivity index (χ2v) is 4.80. The first kappa shape index (κ1) is 12.2. The van der Waals surface area contributed by atoms with Gasteiger partial charge in [0.15, 0.2) is 0 Å². The quantitative estimate of drug-likeness (QED) is 0.845. The number of amides is 1. The summed E-state index contributed by atoms with van der Waals surface area (Å²) in [6.07, 6.45) is 1.72. The van der Waals surface area contributed by atoms with E-state index in [1.165, 1.54) is 0 Å². The number of carbonyl (C=O) groups is 1. The normalized spacial score (nSPS) is 12.9. The van der Waals surface area contributed by atoms with E-state index < -0.39 is 0 Å². The van der Waals surface area contributed by atoms with E-state index in [9.17, 15) is 4.79 Å². The Bertz CT molecular complexity index is 335. The molecule has 4 nitrogen and oxygen atoms in total. The summed E-state index contributed by atoms with van der Waals surface area (Å²) in [5.41, 5.74) is 0.992. The highest BCUT2D eigenvalue weighted by Gasteiger charge is 2.18. The monoisotopic (exact) mass is 273 g/mol. The first-order chi connectivity index (χ1) is 7.02. The van der Waals surface area contributed by atoms with Gasteiger partial charge >= 0.3 is 0 Å². The van der Waals surface area contributed by atoms with E-state index in [-0.39, 0.29) is 16.7 Å². The molecule has 1 N–H and O–H groups in total. The van der Waals surface area contributed by atoms with E-state index in [0.29, 0.717) is 6.54 Å². The van der Waals surface area contributed by atoms with Crippen LogP contribution in [0.5, 0.6) is 0 Å². The van der Waals surface area contributed by atoms with Crippen LogP contribution in [0.3, 0.4) is 0 Å². The predicted octanol–water partition coefficient (Wildman–Crippen LogP) is 1.46. The molecule has 0 spiro atoms. The number of aryl methyl sites for hydroxylation is 1. The van der Waals surface area contributed by atoms with Gasteiger partial charge in [-0.3, -0.25) is 9.48 Å². The molecule has 84 valence electrons. The van der Waals surface area contributed by atoms with E-state index in [2.05, 4.69) is 26.3 Å². The highest BCUT2D eigenvalue weighted by molar-refractivity contribution is 9.10. The zero-order valence-electron chi connectivity index (χ0n) is 9.20. The predicted molar refractivity (Wildman–Crippen MR) is 62.6 cm³/mol. The van der Waals surface area contributed by atoms with Gasteiger partial charge in [0.1, 0.15) is 0 Å². The van der Waals surface area contributed by atoms with E-state index in [1.807, 2.05) is 27.0 Å². The Kier molecular flexibility index (Phi) is 4.32. The van der Waals surface area contributed by atoms with Crippen molar-refractivity contribution >= 4 is 21.8 Å². The summed E-state index contributed by atoms with van der Waals surface area (Å²) in [7, 11) is 1.86. The van der Waals surface area contributed by atoms with Crippen LogP contribution in [0.15, 0.2) is 12.3 Å². The molecular formula is C10H16BrN3O. The summed E-state index contributed by atoms with van der Waals surface area (Å²) in [4.78, 5) is 11.5. The third-order valence-corrected chi connectivity index (χ3v) is 3.68. The summed E-state index contributed by atoms with van der Waals surface area (Å²) in [6.45, 7) is 4.52. The summed E-state index contributed by atoms with van der Waals surface area (Å²) in [5.74, 6) is 0.308. The first-order valence-electron chi connectivity index (χ1n) is 4.91. The number of hydrogen-bond acceptors (Lipinski definition) is 2. The van der Waals surface area contributed by atoms with Crippen LogP contribution in [-0.4, -0.2) is 20.5 Å². The Morgan fingerprint density at radius 3 is 2.80 bits per heavy atom. The van der Waals surface area contributed by atoms with Gasteiger partial charge in [0.2, 0.25) is 5.91 Å². The van der Waals surface area contributed by atoms with Crippen molar-refractivity contribution in [3.8, 4) is 0 Å². The SMILES string of the molecule is CC(C)C(Br)C(=O)NCc1ccnn1C. The molecule has 1 heterocycles. The smallest absolute Gasteiger partial charge is 0.234 e. The Labute approximate surface area is 98.2 Å². The number of alkyl halides is 1. The van der Waals surface area contributed by atoms with Crippen molar-refractivity contribution in [3.05, 3.63) is 18.0 Å². The maximum absolute atomic E-state index is 11.6. The van der Waals surface area contributed by atoms with Gasteiger partial charge in [0.25, 0.3) is 0 Å². The molecule has 1 aromatic heterocycles. The molecule has 0 aliphatic rings. The zero-order valence-corrected chi connectivity index (χ0v) is 10.8. The van der Waals surface area contributed by atoms with Crippen LogP contribution in [0.2, 0.25) is 0 Å². The molecule has 1 amide bonds. The number of rotatable bonds is 4. The van der Waals surface area contributed by atoms with Crippen molar-refractivity contribution in [1.82, 2.24) is 15.1 Å². The standard InChI is InChI=1S/C10H16BrN3O/c1-7(2)9(11)10(15)12-6-8-4-5-13-14(8)3/h4-5,7,9H,6H2,1-3H3,(H,12,15). The number of hydrogen-bond donors (Lipinski definition) is 1. The van der Waals surface area contributed by atoms with Gasteiger partial charge in [0.05, 0.1) is 17.1 Å². The molecule has 0 saturated carbocycles. The molecule has 0 fully saturated rings. The van der Waals surface area contributed by atoms with E-state index in [0.717, 1.165) is 5.69 Å². The van der Waals surface area contributed by atoms with Gasteiger partial charge < -0.3 is 5.32 Å². The molecular weight excluding hydrogens is 258 g/mol. The minimum absolute atomic E-state index is 0.0196. The first-order valence-corrected chi connectivity index (χ1v) is 5.82. The van der Waals surface area contributed by atoms with Crippen LogP contribution in [0, 0.1) is 5.92 Å². The molecule has 0 aliphatic heterocycles. The van der Waals surface area contributed by atoms with Crippen LogP contribution in [0.1, 0.15) is 19.5 Å². The third-order valence-electron chi connectivity index (χ3n) is 2.20. The van der Waals surface area contributed by atoms with Crippen molar-refractivity contribution in [3.63, 3.8) is 0 Å². The number of nitrogens with one attached hydrogen (secondary N) is 1. The van der Waals surface area contributed by atoms with Crippen LogP contribution in [-0.2, 0) is 18.4 Å². The molecule has 1 aromatic rings. The van der Waals surface area contributed by atoms with Crippen molar-refractivity contribution in [1.29, 1.82) is 0 Å². The molecule has 0 bridgehead atoms. The van der Waals surface area contributed by atoms with Gasteiger partial charge in [-0.1, -0.05) is 29.8 Å². The molecule has 1 atom stereocenters. The summed E-state index contributed by atoms with van der Waals surface area (Å²) in [5, 5.41) is 6.89. The molecule has 0 aliphatic carbocycles. The van der Waals surface area contributed by atoms with Gasteiger partial charge in [-0.2, -0.15) is 5.10 Å². The third kappa shape index (κ3) is 3.34. The van der Waals surface area contributed by atoms with Gasteiger partial charge in [0, 0.05) is 13.2 Å². The summed E-state index contributed by atoms with van der Waals surface area (Å²) >= 11 is 3.36. The van der Waals surface area contributed by atoms with Crippen molar-refractivity contribution in [2.24, 2.45) is 13.0 Å². The minimum Gasteiger partial charge on any atom is -0.349 e. The van der Waals surface area contributed by atoms with Crippen LogP contribution in [0.4, 0.5) is 0 Å². The fourth-order valence-electron chi connectivity index (χ4n) is 1.15. The second-order valence-electron chi connectivity index (χ2n) is 3.81. The highest BCUT2D eigenvalue weighted by atomic mass is 79.9. The Morgan fingerprint density at radius 1 is 1.67 bits per heavy atom. The molecule has 0 aromatic carbocycles. The lowest BCUT2D eigenvalue weighted by atomic mass is 10.1. The maximum atomic E-state index is 11.6. The minimum atomic E-state index is -0.134. The average Bonchev–Trinajstić information content (AvgIpc) is 2.59. The number of aromatic nitrogens is 2. The van der Waals surface area contributed by atoms with Crippen molar-refractivity contribution < 1.29 is 4.79 Å². The Morgan fingerprint density at radius 2 is 2.33 bits per heavy atom. The van der Waals surface area contributed by atoms with Crippen molar-refractivity contribution in [2.45, 2.75) is 25.2 Å². The molecule has 1 rings (SSSR count). The van der Waals surface area contributed by atoms with E-state index in [1.54, 1.807) is 10.9 Å². The van der Waals surface area contributed by atoms with E-state index >= 15 is 0 Å². The largest absolute Gasteiger partial charge is 0.349 e. The lowest BCUT2D eigenvalue weighted by molar-refractivity contribution is -0.121. The second kappa shape index (κ2) is 5.30. The van der Waals surface area contributed by atoms with Crippen LogP contribution >= 0.6 is 15.9 Å². The van der Waals surface area contributed by atoms with Gasteiger partial charge in [-0.25, -0.2) is 0 Å². The highest BCUT2D eigenvalue weighted by Crippen LogP contribution is 2.11. The van der Waals surface area contributed by atoms with Gasteiger partial charge in [-0.15, -0.1) is 0 Å². The number of halogens is 1.